The van der Waals surface area contributed by atoms with Crippen molar-refractivity contribution in [3.05, 3.63) is 48.0 Å². The lowest BCUT2D eigenvalue weighted by Crippen LogP contribution is -2.00. The standard InChI is InChI=1S/C15H14N4O2/c1-9(11-7-6-10(20)8-14(11)21)18-19-15-16-12-4-2-3-5-13(12)17-15/h2-8,20-21H,1H3,(H2,16,17,19). The molecule has 0 radical (unpaired) electrons. The van der Waals surface area contributed by atoms with Gasteiger partial charge >= 0.3 is 0 Å². The Bertz CT molecular complexity index is 790. The number of nitrogens with zero attached hydrogens (tertiary/aromatic N) is 2. The predicted molar refractivity (Wildman–Crippen MR) is 81.7 cm³/mol. The maximum atomic E-state index is 9.78. The predicted octanol–water partition coefficient (Wildman–Crippen LogP) is 2.81. The molecule has 0 aliphatic carbocycles. The first-order valence-corrected chi connectivity index (χ1v) is 6.41. The third-order valence-corrected chi connectivity index (χ3v) is 3.09. The van der Waals surface area contributed by atoms with Crippen LogP contribution in [0.4, 0.5) is 5.95 Å². The van der Waals surface area contributed by atoms with Crippen molar-refractivity contribution in [1.29, 1.82) is 0 Å². The van der Waals surface area contributed by atoms with Crippen LogP contribution in [-0.2, 0) is 0 Å². The Balaban J connectivity index is 1.84. The van der Waals surface area contributed by atoms with Crippen LogP contribution in [0.2, 0.25) is 0 Å². The van der Waals surface area contributed by atoms with E-state index in [1.54, 1.807) is 13.0 Å². The van der Waals surface area contributed by atoms with Gasteiger partial charge < -0.3 is 15.2 Å². The van der Waals surface area contributed by atoms with E-state index in [2.05, 4.69) is 20.5 Å². The second-order valence-electron chi connectivity index (χ2n) is 4.61. The summed E-state index contributed by atoms with van der Waals surface area (Å²) in [6, 6.07) is 12.0. The van der Waals surface area contributed by atoms with Crippen LogP contribution in [-0.4, -0.2) is 25.9 Å². The van der Waals surface area contributed by atoms with Crippen LogP contribution < -0.4 is 5.43 Å². The number of benzene rings is 2. The number of hydrogen-bond donors (Lipinski definition) is 4. The fourth-order valence-electron chi connectivity index (χ4n) is 2.03. The van der Waals surface area contributed by atoms with Gasteiger partial charge in [-0.1, -0.05) is 12.1 Å². The molecule has 6 nitrogen and oxygen atoms in total. The molecule has 0 atom stereocenters. The summed E-state index contributed by atoms with van der Waals surface area (Å²) >= 11 is 0. The van der Waals surface area contributed by atoms with E-state index in [9.17, 15) is 10.2 Å². The molecule has 0 spiro atoms. The molecule has 0 unspecified atom stereocenters. The van der Waals surface area contributed by atoms with E-state index >= 15 is 0 Å². The normalized spacial score (nSPS) is 11.8. The number of hydrazone groups is 1. The fraction of sp³-hybridized carbons (Fsp3) is 0.0667. The van der Waals surface area contributed by atoms with Crippen molar-refractivity contribution in [1.82, 2.24) is 9.97 Å². The van der Waals surface area contributed by atoms with Gasteiger partial charge in [-0.2, -0.15) is 5.10 Å². The molecule has 4 N–H and O–H groups in total. The van der Waals surface area contributed by atoms with Gasteiger partial charge in [0, 0.05) is 11.6 Å². The summed E-state index contributed by atoms with van der Waals surface area (Å²) in [5, 5.41) is 23.2. The van der Waals surface area contributed by atoms with Gasteiger partial charge in [0.15, 0.2) is 0 Å². The zero-order valence-corrected chi connectivity index (χ0v) is 11.3. The van der Waals surface area contributed by atoms with Crippen molar-refractivity contribution >= 4 is 22.7 Å². The first kappa shape index (κ1) is 13.0. The molecule has 0 aliphatic rings. The number of imidazole rings is 1. The molecular formula is C15H14N4O2. The molecule has 0 saturated heterocycles. The van der Waals surface area contributed by atoms with Crippen LogP contribution >= 0.6 is 0 Å². The average molecular weight is 282 g/mol. The molecule has 6 heteroatoms. The lowest BCUT2D eigenvalue weighted by atomic mass is 10.1. The topological polar surface area (TPSA) is 93.5 Å². The Morgan fingerprint density at radius 2 is 2.00 bits per heavy atom. The molecule has 1 aromatic heterocycles. The summed E-state index contributed by atoms with van der Waals surface area (Å²) in [5.74, 6) is 0.505. The van der Waals surface area contributed by atoms with Crippen LogP contribution in [0.15, 0.2) is 47.6 Å². The summed E-state index contributed by atoms with van der Waals surface area (Å²) in [5.41, 5.74) is 5.70. The van der Waals surface area contributed by atoms with Gasteiger partial charge in [-0.3, -0.25) is 0 Å². The Labute approximate surface area is 120 Å². The molecule has 0 fully saturated rings. The summed E-state index contributed by atoms with van der Waals surface area (Å²) in [7, 11) is 0. The first-order chi connectivity index (χ1) is 10.1. The van der Waals surface area contributed by atoms with E-state index in [0.717, 1.165) is 11.0 Å². The van der Waals surface area contributed by atoms with Crippen molar-refractivity contribution in [2.75, 3.05) is 5.43 Å². The number of para-hydroxylation sites is 2. The van der Waals surface area contributed by atoms with Gasteiger partial charge in [0.1, 0.15) is 11.5 Å². The number of aromatic hydroxyl groups is 2. The third-order valence-electron chi connectivity index (χ3n) is 3.09. The third kappa shape index (κ3) is 2.64. The van der Waals surface area contributed by atoms with Gasteiger partial charge in [0.05, 0.1) is 16.7 Å². The molecule has 2 aromatic carbocycles. The first-order valence-electron chi connectivity index (χ1n) is 6.41. The number of phenolic OH excluding ortho intramolecular Hbond substituents is 2. The van der Waals surface area contributed by atoms with Crippen molar-refractivity contribution < 1.29 is 10.2 Å². The highest BCUT2D eigenvalue weighted by atomic mass is 16.3. The second kappa shape index (κ2) is 5.16. The fourth-order valence-corrected chi connectivity index (χ4v) is 2.03. The van der Waals surface area contributed by atoms with Gasteiger partial charge in [-0.25, -0.2) is 10.4 Å². The molecule has 0 bridgehead atoms. The minimum absolute atomic E-state index is 0.00860. The van der Waals surface area contributed by atoms with Crippen molar-refractivity contribution in [2.24, 2.45) is 5.10 Å². The van der Waals surface area contributed by atoms with Crippen LogP contribution in [0.25, 0.3) is 11.0 Å². The number of hydrogen-bond acceptors (Lipinski definition) is 5. The number of phenols is 2. The van der Waals surface area contributed by atoms with E-state index in [1.807, 2.05) is 24.3 Å². The number of fused-ring (bicyclic) bond motifs is 1. The summed E-state index contributed by atoms with van der Waals surface area (Å²) in [4.78, 5) is 7.43. The molecule has 0 amide bonds. The molecular weight excluding hydrogens is 268 g/mol. The smallest absolute Gasteiger partial charge is 0.222 e. The van der Waals surface area contributed by atoms with Gasteiger partial charge in [-0.15, -0.1) is 0 Å². The Hall–Kier alpha value is -3.02. The van der Waals surface area contributed by atoms with E-state index in [1.165, 1.54) is 12.1 Å². The molecule has 1 heterocycles. The van der Waals surface area contributed by atoms with Crippen LogP contribution in [0.5, 0.6) is 11.5 Å². The average Bonchev–Trinajstić information content (AvgIpc) is 2.87. The Morgan fingerprint density at radius 1 is 1.19 bits per heavy atom. The molecule has 3 aromatic rings. The van der Waals surface area contributed by atoms with Gasteiger partial charge in [-0.05, 0) is 31.2 Å². The highest BCUT2D eigenvalue weighted by Gasteiger charge is 2.06. The Kier molecular flexibility index (Phi) is 3.19. The lowest BCUT2D eigenvalue weighted by Gasteiger charge is -2.04. The number of H-pyrrole nitrogens is 1. The maximum Gasteiger partial charge on any atom is 0.222 e. The second-order valence-corrected chi connectivity index (χ2v) is 4.61. The maximum absolute atomic E-state index is 9.78. The molecule has 0 saturated carbocycles. The van der Waals surface area contributed by atoms with Crippen LogP contribution in [0.3, 0.4) is 0 Å². The number of anilines is 1. The molecule has 3 rings (SSSR count). The molecule has 106 valence electrons. The quantitative estimate of drug-likeness (QED) is 0.439. The minimum atomic E-state index is -0.0253. The number of nitrogens with one attached hydrogen (secondary N) is 2. The zero-order chi connectivity index (χ0) is 14.8. The van der Waals surface area contributed by atoms with Crippen LogP contribution in [0.1, 0.15) is 12.5 Å². The largest absolute Gasteiger partial charge is 0.508 e. The SMILES string of the molecule is CC(=NNc1nc2ccccc2[nH]1)c1ccc(O)cc1O. The molecule has 21 heavy (non-hydrogen) atoms. The van der Waals surface area contributed by atoms with Crippen molar-refractivity contribution in [3.63, 3.8) is 0 Å². The highest BCUT2D eigenvalue weighted by molar-refractivity contribution is 6.01. The summed E-state index contributed by atoms with van der Waals surface area (Å²) in [6.07, 6.45) is 0. The number of aromatic nitrogens is 2. The highest BCUT2D eigenvalue weighted by Crippen LogP contribution is 2.23. The van der Waals surface area contributed by atoms with Gasteiger partial charge in [0.2, 0.25) is 5.95 Å². The number of aromatic amines is 1. The minimum Gasteiger partial charge on any atom is -0.508 e. The summed E-state index contributed by atoms with van der Waals surface area (Å²) in [6.45, 7) is 1.75. The molecule has 0 aliphatic heterocycles. The lowest BCUT2D eigenvalue weighted by molar-refractivity contribution is 0.450. The van der Waals surface area contributed by atoms with Crippen LogP contribution in [0, 0.1) is 0 Å². The van der Waals surface area contributed by atoms with E-state index in [-0.39, 0.29) is 11.5 Å². The van der Waals surface area contributed by atoms with Crippen molar-refractivity contribution in [2.45, 2.75) is 6.92 Å². The van der Waals surface area contributed by atoms with E-state index in [0.29, 0.717) is 17.2 Å². The Morgan fingerprint density at radius 3 is 2.76 bits per heavy atom. The summed E-state index contributed by atoms with van der Waals surface area (Å²) < 4.78 is 0. The van der Waals surface area contributed by atoms with Crippen molar-refractivity contribution in [3.8, 4) is 11.5 Å². The van der Waals surface area contributed by atoms with E-state index < -0.39 is 0 Å². The van der Waals surface area contributed by atoms with Gasteiger partial charge in [0.25, 0.3) is 0 Å². The monoisotopic (exact) mass is 282 g/mol. The number of rotatable bonds is 3. The zero-order valence-electron chi connectivity index (χ0n) is 11.3. The van der Waals surface area contributed by atoms with E-state index in [4.69, 9.17) is 0 Å².